The van der Waals surface area contributed by atoms with E-state index in [0.717, 1.165) is 12.0 Å². The second-order valence-corrected chi connectivity index (χ2v) is 4.42. The molecule has 0 spiro atoms. The second-order valence-electron chi connectivity index (χ2n) is 2.27. The Morgan fingerprint density at radius 3 is 2.33 bits per heavy atom. The quantitative estimate of drug-likeness (QED) is 0.584. The van der Waals surface area contributed by atoms with E-state index in [1.807, 2.05) is 13.8 Å². The molecule has 0 unspecified atom stereocenters. The average molecular weight is 150 g/mol. The first-order chi connectivity index (χ1) is 3.95. The van der Waals surface area contributed by atoms with Gasteiger partial charge in [0.05, 0.1) is 0 Å². The Hall–Kier alpha value is -0.150. The van der Waals surface area contributed by atoms with Gasteiger partial charge < -0.3 is 4.55 Å². The van der Waals surface area contributed by atoms with Gasteiger partial charge in [0.25, 0.3) is 0 Å². The van der Waals surface area contributed by atoms with Crippen LogP contribution in [0.25, 0.3) is 0 Å². The first-order valence-corrected chi connectivity index (χ1v) is 5.11. The van der Waals surface area contributed by atoms with E-state index >= 15 is 0 Å². The molecule has 0 aliphatic carbocycles. The molecule has 0 rings (SSSR count). The predicted octanol–water partition coefficient (Wildman–Crippen LogP) is 1.42. The average Bonchev–Trinajstić information content (AvgIpc) is 1.62. The van der Waals surface area contributed by atoms with Crippen LogP contribution in [0.4, 0.5) is 0 Å². The highest BCUT2D eigenvalue weighted by atomic mass is 32.3. The maximum atomic E-state index is 10.7. The van der Waals surface area contributed by atoms with Crippen LogP contribution in [0, 0.1) is 0 Å². The van der Waals surface area contributed by atoms with Crippen LogP contribution >= 0.6 is 0 Å². The summed E-state index contributed by atoms with van der Waals surface area (Å²) in [6.45, 7) is 3.81. The molecule has 0 atom stereocenters. The Kier molecular flexibility index (Phi) is 3.08. The van der Waals surface area contributed by atoms with E-state index in [4.69, 9.17) is 4.55 Å². The van der Waals surface area contributed by atoms with Gasteiger partial charge in [-0.25, -0.2) is 4.21 Å². The summed E-state index contributed by atoms with van der Waals surface area (Å²) < 4.78 is 19.5. The highest BCUT2D eigenvalue weighted by Crippen LogP contribution is 2.04. The van der Waals surface area contributed by atoms with Gasteiger partial charge in [-0.05, 0) is 13.3 Å². The van der Waals surface area contributed by atoms with Gasteiger partial charge in [-0.1, -0.05) is 12.5 Å². The summed E-state index contributed by atoms with van der Waals surface area (Å²) in [6, 6.07) is 0. The van der Waals surface area contributed by atoms with Crippen molar-refractivity contribution in [1.29, 1.82) is 0 Å². The lowest BCUT2D eigenvalue weighted by Crippen LogP contribution is -2.01. The molecule has 3 heteroatoms. The van der Waals surface area contributed by atoms with E-state index in [1.54, 1.807) is 0 Å². The van der Waals surface area contributed by atoms with Gasteiger partial charge in [-0.3, -0.25) is 0 Å². The minimum atomic E-state index is -2.90. The molecule has 2 nitrogen and oxygen atoms in total. The Bertz CT molecular complexity index is 154. The van der Waals surface area contributed by atoms with Crippen LogP contribution in [0.2, 0.25) is 0 Å². The number of rotatable bonds is 2. The molecular weight excluding hydrogens is 136 g/mol. The van der Waals surface area contributed by atoms with Crippen molar-refractivity contribution >= 4 is 10.2 Å². The zero-order valence-corrected chi connectivity index (χ0v) is 6.98. The molecule has 0 saturated carbocycles. The molecule has 0 saturated heterocycles. The Morgan fingerprint density at radius 1 is 1.78 bits per heavy atom. The van der Waals surface area contributed by atoms with E-state index in [0.29, 0.717) is 0 Å². The van der Waals surface area contributed by atoms with Gasteiger partial charge >= 0.3 is 0 Å². The lowest BCUT2D eigenvalue weighted by Gasteiger charge is -2.10. The lowest BCUT2D eigenvalue weighted by atomic mass is 10.3. The molecule has 0 aromatic carbocycles. The van der Waals surface area contributed by atoms with E-state index in [1.165, 1.54) is 11.7 Å². The number of thiol groups is 1. The first-order valence-electron chi connectivity index (χ1n) is 2.94. The van der Waals surface area contributed by atoms with Crippen molar-refractivity contribution in [2.45, 2.75) is 20.3 Å². The summed E-state index contributed by atoms with van der Waals surface area (Å²) in [6.07, 6.45) is 2.19. The van der Waals surface area contributed by atoms with Crippen LogP contribution in [0.5, 0.6) is 0 Å². The lowest BCUT2D eigenvalue weighted by molar-refractivity contribution is 0.557. The molecule has 0 heterocycles. The molecule has 0 fully saturated rings. The van der Waals surface area contributed by atoms with E-state index in [9.17, 15) is 4.21 Å². The standard InChI is InChI=1S/C6H14O2S/c1-4-6(2)5-9(3,7)8/h5,9H,4H2,1-3H3,(H,7,8). The number of allylic oxidation sites excluding steroid dienone is 1. The van der Waals surface area contributed by atoms with Crippen LogP contribution in [0.3, 0.4) is 0 Å². The summed E-state index contributed by atoms with van der Waals surface area (Å²) in [4.78, 5) is 0. The van der Waals surface area contributed by atoms with Crippen LogP contribution < -0.4 is 0 Å². The van der Waals surface area contributed by atoms with Crippen molar-refractivity contribution in [2.75, 3.05) is 6.26 Å². The molecule has 0 aromatic heterocycles. The summed E-state index contributed by atoms with van der Waals surface area (Å²) in [7, 11) is -2.90. The van der Waals surface area contributed by atoms with Gasteiger partial charge in [0.1, 0.15) is 0 Å². The number of hydrogen-bond acceptors (Lipinski definition) is 1. The Labute approximate surface area is 57.2 Å². The topological polar surface area (TPSA) is 37.3 Å². The van der Waals surface area contributed by atoms with E-state index in [2.05, 4.69) is 0 Å². The molecule has 0 aliphatic rings. The molecule has 0 bridgehead atoms. The normalized spacial score (nSPS) is 15.8. The van der Waals surface area contributed by atoms with Crippen molar-refractivity contribution in [3.05, 3.63) is 11.0 Å². The molecular formula is C6H14O2S. The van der Waals surface area contributed by atoms with Crippen molar-refractivity contribution < 1.29 is 8.76 Å². The van der Waals surface area contributed by atoms with Crippen LogP contribution in [-0.4, -0.2) is 15.0 Å². The van der Waals surface area contributed by atoms with Crippen LogP contribution in [-0.2, 0) is 10.2 Å². The van der Waals surface area contributed by atoms with Crippen molar-refractivity contribution in [3.63, 3.8) is 0 Å². The third-order valence-electron chi connectivity index (χ3n) is 1.02. The Morgan fingerprint density at radius 2 is 2.22 bits per heavy atom. The first kappa shape index (κ1) is 8.85. The van der Waals surface area contributed by atoms with Gasteiger partial charge in [-0.2, -0.15) is 10.2 Å². The van der Waals surface area contributed by atoms with E-state index < -0.39 is 10.2 Å². The highest BCUT2D eigenvalue weighted by molar-refractivity contribution is 7.99. The van der Waals surface area contributed by atoms with Crippen molar-refractivity contribution in [1.82, 2.24) is 0 Å². The highest BCUT2D eigenvalue weighted by Gasteiger charge is 1.90. The minimum absolute atomic E-state index is 0.846. The smallest absolute Gasteiger partial charge is 0.0243 e. The van der Waals surface area contributed by atoms with Crippen LogP contribution in [0.15, 0.2) is 11.0 Å². The fourth-order valence-electron chi connectivity index (χ4n) is 0.500. The maximum absolute atomic E-state index is 10.7. The van der Waals surface area contributed by atoms with Gasteiger partial charge in [0.2, 0.25) is 0 Å². The summed E-state index contributed by atoms with van der Waals surface area (Å²) in [5.74, 6) is 0. The molecule has 0 aromatic rings. The fourth-order valence-corrected chi connectivity index (χ4v) is 1.50. The molecule has 56 valence electrons. The van der Waals surface area contributed by atoms with Gasteiger partial charge in [0.15, 0.2) is 0 Å². The summed E-state index contributed by atoms with van der Waals surface area (Å²) in [5.41, 5.74) is 0.975. The van der Waals surface area contributed by atoms with Crippen molar-refractivity contribution in [2.24, 2.45) is 0 Å². The molecule has 1 N–H and O–H groups in total. The predicted molar refractivity (Wildman–Crippen MR) is 42.1 cm³/mol. The monoisotopic (exact) mass is 150 g/mol. The third kappa shape index (κ3) is 5.73. The fraction of sp³-hybridized carbons (Fsp3) is 0.667. The van der Waals surface area contributed by atoms with Crippen LogP contribution in [0.1, 0.15) is 20.3 Å². The SMILES string of the molecule is CCC(C)=C[SH](C)(=O)O. The molecule has 9 heavy (non-hydrogen) atoms. The Balaban J connectivity index is 4.13. The van der Waals surface area contributed by atoms with E-state index in [-0.39, 0.29) is 0 Å². The van der Waals surface area contributed by atoms with Gasteiger partial charge in [0, 0.05) is 11.7 Å². The van der Waals surface area contributed by atoms with Crippen molar-refractivity contribution in [3.8, 4) is 0 Å². The number of hydrogen-bond donors (Lipinski definition) is 2. The molecule has 0 aliphatic heterocycles. The zero-order chi connectivity index (χ0) is 7.49. The summed E-state index contributed by atoms with van der Waals surface area (Å²) >= 11 is 0. The second kappa shape index (κ2) is 3.13. The largest absolute Gasteiger partial charge is 0.302 e. The summed E-state index contributed by atoms with van der Waals surface area (Å²) in [5, 5.41) is 1.44. The zero-order valence-electron chi connectivity index (χ0n) is 6.09. The molecule has 0 radical (unpaired) electrons. The third-order valence-corrected chi connectivity index (χ3v) is 1.94. The minimum Gasteiger partial charge on any atom is -0.302 e. The van der Waals surface area contributed by atoms with Gasteiger partial charge in [-0.15, -0.1) is 0 Å². The molecule has 0 amide bonds. The maximum Gasteiger partial charge on any atom is 0.0243 e.